The molecule has 1 atom stereocenters. The monoisotopic (exact) mass is 859 g/mol. The first-order chi connectivity index (χ1) is 32.7. The minimum absolute atomic E-state index is 0.151. The second-order valence-corrected chi connectivity index (χ2v) is 18.8. The van der Waals surface area contributed by atoms with Crippen molar-refractivity contribution in [1.29, 1.82) is 0 Å². The molecule has 1 nitrogen and oxygen atoms in total. The summed E-state index contributed by atoms with van der Waals surface area (Å²) in [6, 6.07) is 88.7. The van der Waals surface area contributed by atoms with Crippen molar-refractivity contribution in [3.8, 4) is 22.3 Å². The van der Waals surface area contributed by atoms with Gasteiger partial charge in [-0.1, -0.05) is 200 Å². The second kappa shape index (κ2) is 15.4. The van der Waals surface area contributed by atoms with Crippen LogP contribution >= 0.6 is 11.3 Å². The standard InChI is InChI=1S/C64H45NS/c1-5-18-47(19-6-1)63(48-20-7-2-8-21-48)56-28-15-13-26-53(56)55-43-52(37-38-58(55)63)65(51-35-32-44(33-36-51)45-34-39-61-46(42-45)40-41-66-61)60-31-17-30-59-62(60)54-27-14-16-29-57(54)64(59,49-22-9-3-10-23-49)50-24-11-4-12-25-50/h1-29,31-43,59H,30H2. The zero-order valence-corrected chi connectivity index (χ0v) is 37.2. The molecule has 2 heteroatoms. The topological polar surface area (TPSA) is 3.24 Å². The highest BCUT2D eigenvalue weighted by molar-refractivity contribution is 7.17. The first-order valence-corrected chi connectivity index (χ1v) is 24.0. The molecule has 13 rings (SSSR count). The molecule has 0 saturated carbocycles. The van der Waals surface area contributed by atoms with Crippen molar-refractivity contribution in [3.05, 3.63) is 304 Å². The number of allylic oxidation sites excluding steroid dienone is 3. The van der Waals surface area contributed by atoms with Gasteiger partial charge in [0, 0.05) is 27.7 Å². The van der Waals surface area contributed by atoms with E-state index in [4.69, 9.17) is 0 Å². The fraction of sp³-hybridized carbons (Fsp3) is 0.0625. The number of hydrogen-bond acceptors (Lipinski definition) is 2. The van der Waals surface area contributed by atoms with Gasteiger partial charge in [0.1, 0.15) is 0 Å². The maximum Gasteiger partial charge on any atom is 0.0713 e. The van der Waals surface area contributed by atoms with Gasteiger partial charge in [-0.25, -0.2) is 0 Å². The van der Waals surface area contributed by atoms with E-state index < -0.39 is 5.41 Å². The number of hydrogen-bond donors (Lipinski definition) is 0. The highest BCUT2D eigenvalue weighted by Crippen LogP contribution is 2.62. The summed E-state index contributed by atoms with van der Waals surface area (Å²) >= 11 is 1.79. The van der Waals surface area contributed by atoms with E-state index in [9.17, 15) is 0 Å². The Balaban J connectivity index is 1.07. The van der Waals surface area contributed by atoms with Crippen LogP contribution in [0.25, 0.3) is 37.9 Å². The quantitative estimate of drug-likeness (QED) is 0.147. The van der Waals surface area contributed by atoms with E-state index >= 15 is 0 Å². The van der Waals surface area contributed by atoms with Crippen molar-refractivity contribution < 1.29 is 0 Å². The van der Waals surface area contributed by atoms with Crippen LogP contribution in [0.2, 0.25) is 0 Å². The molecule has 312 valence electrons. The van der Waals surface area contributed by atoms with Gasteiger partial charge < -0.3 is 4.90 Å². The summed E-state index contributed by atoms with van der Waals surface area (Å²) in [6.45, 7) is 0. The molecule has 0 aliphatic heterocycles. The van der Waals surface area contributed by atoms with E-state index in [0.717, 1.165) is 17.8 Å². The number of anilines is 2. The molecule has 0 fully saturated rings. The predicted molar refractivity (Wildman–Crippen MR) is 277 cm³/mol. The van der Waals surface area contributed by atoms with Gasteiger partial charge in [-0.15, -0.1) is 11.3 Å². The van der Waals surface area contributed by atoms with Crippen molar-refractivity contribution in [2.45, 2.75) is 17.3 Å². The molecule has 0 radical (unpaired) electrons. The van der Waals surface area contributed by atoms with Gasteiger partial charge in [0.25, 0.3) is 0 Å². The molecule has 0 amide bonds. The molecule has 1 unspecified atom stereocenters. The molecule has 66 heavy (non-hydrogen) atoms. The molecule has 0 saturated heterocycles. The van der Waals surface area contributed by atoms with Gasteiger partial charge in [0.2, 0.25) is 0 Å². The fourth-order valence-electron chi connectivity index (χ4n) is 12.1. The lowest BCUT2D eigenvalue weighted by atomic mass is 9.63. The van der Waals surface area contributed by atoms with Crippen molar-refractivity contribution in [2.24, 2.45) is 5.92 Å². The number of thiophene rings is 1. The largest absolute Gasteiger partial charge is 0.310 e. The van der Waals surface area contributed by atoms with Crippen LogP contribution in [0.3, 0.4) is 0 Å². The smallest absolute Gasteiger partial charge is 0.0713 e. The van der Waals surface area contributed by atoms with E-state index in [1.807, 2.05) is 0 Å². The molecule has 9 aromatic carbocycles. The maximum absolute atomic E-state index is 2.56. The minimum atomic E-state index is -0.476. The molecule has 3 aliphatic rings. The van der Waals surface area contributed by atoms with Gasteiger partial charge >= 0.3 is 0 Å². The second-order valence-electron chi connectivity index (χ2n) is 17.9. The van der Waals surface area contributed by atoms with Gasteiger partial charge in [0.15, 0.2) is 0 Å². The van der Waals surface area contributed by atoms with Crippen molar-refractivity contribution in [3.63, 3.8) is 0 Å². The normalized spacial score (nSPS) is 16.1. The molecule has 1 heterocycles. The third kappa shape index (κ3) is 5.65. The molecule has 10 aromatic rings. The van der Waals surface area contributed by atoms with Crippen LogP contribution in [-0.2, 0) is 10.8 Å². The Bertz CT molecular complexity index is 3410. The number of rotatable bonds is 8. The Labute approximate surface area is 390 Å². The van der Waals surface area contributed by atoms with Crippen LogP contribution in [0.1, 0.15) is 50.9 Å². The van der Waals surface area contributed by atoms with Crippen LogP contribution in [0.15, 0.2) is 260 Å². The molecule has 0 N–H and O–H groups in total. The van der Waals surface area contributed by atoms with Crippen molar-refractivity contribution in [2.75, 3.05) is 4.90 Å². The lowest BCUT2D eigenvalue weighted by molar-refractivity contribution is 0.482. The first kappa shape index (κ1) is 38.7. The third-order valence-corrected chi connectivity index (χ3v) is 15.6. The van der Waals surface area contributed by atoms with Crippen molar-refractivity contribution in [1.82, 2.24) is 0 Å². The van der Waals surface area contributed by atoms with Gasteiger partial charge in [0.05, 0.1) is 10.8 Å². The number of benzene rings is 9. The average Bonchev–Trinajstić information content (AvgIpc) is 4.08. The lowest BCUT2D eigenvalue weighted by Crippen LogP contribution is -2.35. The lowest BCUT2D eigenvalue weighted by Gasteiger charge is -2.40. The summed E-state index contributed by atoms with van der Waals surface area (Å²) in [4.78, 5) is 2.56. The van der Waals surface area contributed by atoms with Gasteiger partial charge in [-0.05, 0) is 138 Å². The molecule has 0 spiro atoms. The van der Waals surface area contributed by atoms with Gasteiger partial charge in [-0.3, -0.25) is 0 Å². The molecule has 0 bridgehead atoms. The molecule has 1 aromatic heterocycles. The Morgan fingerprint density at radius 2 is 0.970 bits per heavy atom. The van der Waals surface area contributed by atoms with E-state index in [0.29, 0.717) is 0 Å². The van der Waals surface area contributed by atoms with Gasteiger partial charge in [-0.2, -0.15) is 0 Å². The summed E-state index contributed by atoms with van der Waals surface area (Å²) in [5.74, 6) is 0.151. The number of fused-ring (bicyclic) bond motifs is 7. The summed E-state index contributed by atoms with van der Waals surface area (Å²) in [6.07, 6.45) is 5.77. The molecule has 3 aliphatic carbocycles. The Kier molecular flexibility index (Phi) is 9.05. The maximum atomic E-state index is 2.56. The predicted octanol–water partition coefficient (Wildman–Crippen LogP) is 16.4. The highest BCUT2D eigenvalue weighted by Gasteiger charge is 2.53. The zero-order valence-electron chi connectivity index (χ0n) is 36.4. The fourth-order valence-corrected chi connectivity index (χ4v) is 12.9. The summed E-state index contributed by atoms with van der Waals surface area (Å²) in [5.41, 5.74) is 19.4. The Morgan fingerprint density at radius 1 is 0.424 bits per heavy atom. The Hall–Kier alpha value is -7.78. The molecular formula is C64H45NS. The number of nitrogens with zero attached hydrogens (tertiary/aromatic N) is 1. The van der Waals surface area contributed by atoms with Crippen LogP contribution in [0, 0.1) is 5.92 Å². The SMILES string of the molecule is C1=CC(N(c2ccc(-c3ccc4sccc4c3)cc2)c2ccc3c(c2)-c2ccccc2C3(c2ccccc2)c2ccccc2)=C2c3ccccc3C(c3ccccc3)(c3ccccc3)C2C1. The van der Waals surface area contributed by atoms with E-state index in [2.05, 4.69) is 259 Å². The van der Waals surface area contributed by atoms with E-state index in [1.165, 1.54) is 88.1 Å². The average molecular weight is 860 g/mol. The summed E-state index contributed by atoms with van der Waals surface area (Å²) < 4.78 is 1.31. The van der Waals surface area contributed by atoms with E-state index in [-0.39, 0.29) is 11.3 Å². The minimum Gasteiger partial charge on any atom is -0.310 e. The van der Waals surface area contributed by atoms with Crippen LogP contribution in [0.5, 0.6) is 0 Å². The van der Waals surface area contributed by atoms with Crippen molar-refractivity contribution >= 4 is 38.4 Å². The highest BCUT2D eigenvalue weighted by atomic mass is 32.1. The van der Waals surface area contributed by atoms with Crippen LogP contribution in [0.4, 0.5) is 11.4 Å². The molecular weight excluding hydrogens is 815 g/mol. The zero-order chi connectivity index (χ0) is 43.7. The summed E-state index contributed by atoms with van der Waals surface area (Å²) in [5, 5.41) is 3.47. The summed E-state index contributed by atoms with van der Waals surface area (Å²) in [7, 11) is 0. The Morgan fingerprint density at radius 3 is 1.64 bits per heavy atom. The van der Waals surface area contributed by atoms with Crippen LogP contribution in [-0.4, -0.2) is 0 Å². The third-order valence-electron chi connectivity index (χ3n) is 14.7. The van der Waals surface area contributed by atoms with E-state index in [1.54, 1.807) is 11.3 Å². The van der Waals surface area contributed by atoms with Crippen LogP contribution < -0.4 is 4.90 Å². The first-order valence-electron chi connectivity index (χ1n) is 23.1.